The van der Waals surface area contributed by atoms with Crippen molar-refractivity contribution in [3.63, 3.8) is 0 Å². The van der Waals surface area contributed by atoms with E-state index in [1.54, 1.807) is 18.2 Å². The van der Waals surface area contributed by atoms with E-state index in [2.05, 4.69) is 32.9 Å². The molecule has 0 saturated heterocycles. The average molecular weight is 348 g/mol. The van der Waals surface area contributed by atoms with Crippen molar-refractivity contribution < 1.29 is 13.5 Å². The first-order valence-corrected chi connectivity index (χ1v) is 7.50. The van der Waals surface area contributed by atoms with Crippen LogP contribution in [0.25, 0.3) is 6.08 Å². The fourth-order valence-electron chi connectivity index (χ4n) is 1.76. The third-order valence-corrected chi connectivity index (χ3v) is 3.27. The smallest absolute Gasteiger partial charge is 0.387 e. The molecule has 1 aromatic rings. The molecule has 0 aliphatic carbocycles. The second-order valence-corrected chi connectivity index (χ2v) is 5.31. The van der Waals surface area contributed by atoms with E-state index in [1.807, 2.05) is 13.0 Å². The Hall–Kier alpha value is -0.940. The lowest BCUT2D eigenvalue weighted by atomic mass is 10.1. The Kier molecular flexibility index (Phi) is 7.77. The maximum atomic E-state index is 12.4. The third-order valence-electron chi connectivity index (χ3n) is 2.78. The summed E-state index contributed by atoms with van der Waals surface area (Å²) in [6.45, 7) is 3.03. The minimum absolute atomic E-state index is 0.199. The number of hydrogen-bond acceptors (Lipinski definition) is 2. The molecule has 0 heterocycles. The summed E-state index contributed by atoms with van der Waals surface area (Å²) < 4.78 is 30.2. The maximum absolute atomic E-state index is 12.4. The first-order chi connectivity index (χ1) is 9.56. The second kappa shape index (κ2) is 9.08. The molecule has 20 heavy (non-hydrogen) atoms. The highest BCUT2D eigenvalue weighted by Crippen LogP contribution is 2.27. The highest BCUT2D eigenvalue weighted by Gasteiger charge is 2.09. The normalized spacial score (nSPS) is 12.0. The van der Waals surface area contributed by atoms with Crippen LogP contribution in [-0.2, 0) is 0 Å². The molecule has 0 aromatic heterocycles. The average Bonchev–Trinajstić information content (AvgIpc) is 2.40. The zero-order valence-corrected chi connectivity index (χ0v) is 13.3. The molecule has 0 fully saturated rings. The van der Waals surface area contributed by atoms with Crippen molar-refractivity contribution in [3.05, 3.63) is 33.8 Å². The Balaban J connectivity index is 2.93. The molecule has 0 radical (unpaired) electrons. The summed E-state index contributed by atoms with van der Waals surface area (Å²) in [6, 6.07) is 5.03. The van der Waals surface area contributed by atoms with Gasteiger partial charge in [0.2, 0.25) is 0 Å². The van der Waals surface area contributed by atoms with Crippen LogP contribution in [0.4, 0.5) is 8.78 Å². The van der Waals surface area contributed by atoms with Gasteiger partial charge in [0, 0.05) is 16.6 Å². The number of rotatable bonds is 8. The van der Waals surface area contributed by atoms with E-state index in [-0.39, 0.29) is 5.75 Å². The fourth-order valence-corrected chi connectivity index (χ4v) is 2.14. The van der Waals surface area contributed by atoms with Gasteiger partial charge in [0.25, 0.3) is 0 Å². The molecule has 0 aliphatic heterocycles. The van der Waals surface area contributed by atoms with E-state index < -0.39 is 6.61 Å². The molecule has 0 spiro atoms. The summed E-state index contributed by atoms with van der Waals surface area (Å²) in [5.41, 5.74) is 1.81. The Morgan fingerprint density at radius 3 is 2.75 bits per heavy atom. The molecule has 0 aliphatic rings. The summed E-state index contributed by atoms with van der Waals surface area (Å²) >= 11 is 3.35. The van der Waals surface area contributed by atoms with Gasteiger partial charge in [0.1, 0.15) is 5.75 Å². The highest BCUT2D eigenvalue weighted by molar-refractivity contribution is 9.10. The largest absolute Gasteiger partial charge is 0.434 e. The molecule has 0 bridgehead atoms. The molecule has 1 rings (SSSR count). The van der Waals surface area contributed by atoms with Crippen LogP contribution < -0.4 is 10.1 Å². The summed E-state index contributed by atoms with van der Waals surface area (Å²) in [6.07, 6.45) is 3.83. The van der Waals surface area contributed by atoms with Crippen LogP contribution in [0.5, 0.6) is 5.75 Å². The van der Waals surface area contributed by atoms with Gasteiger partial charge in [-0.05, 0) is 37.6 Å². The Morgan fingerprint density at radius 1 is 1.40 bits per heavy atom. The van der Waals surface area contributed by atoms with Gasteiger partial charge in [-0.15, -0.1) is 0 Å². The number of alkyl halides is 2. The second-order valence-electron chi connectivity index (χ2n) is 4.39. The molecule has 1 N–H and O–H groups in total. The van der Waals surface area contributed by atoms with Gasteiger partial charge in [0.15, 0.2) is 0 Å². The van der Waals surface area contributed by atoms with E-state index in [0.717, 1.165) is 36.0 Å². The van der Waals surface area contributed by atoms with Crippen molar-refractivity contribution in [1.82, 2.24) is 5.32 Å². The molecule has 0 atom stereocenters. The quantitative estimate of drug-likeness (QED) is 0.679. The Bertz CT molecular complexity index is 449. The molecule has 0 saturated carbocycles. The molecule has 0 unspecified atom stereocenters. The van der Waals surface area contributed by atoms with Gasteiger partial charge >= 0.3 is 6.61 Å². The highest BCUT2D eigenvalue weighted by atomic mass is 79.9. The first-order valence-electron chi connectivity index (χ1n) is 6.71. The summed E-state index contributed by atoms with van der Waals surface area (Å²) in [5.74, 6) is 0.199. The van der Waals surface area contributed by atoms with Crippen LogP contribution in [0.1, 0.15) is 32.3 Å². The van der Waals surface area contributed by atoms with Crippen molar-refractivity contribution in [1.29, 1.82) is 0 Å². The van der Waals surface area contributed by atoms with Crippen molar-refractivity contribution in [2.75, 3.05) is 13.1 Å². The van der Waals surface area contributed by atoms with Crippen LogP contribution in [0, 0.1) is 0 Å². The molecule has 0 amide bonds. The number of benzene rings is 1. The topological polar surface area (TPSA) is 21.3 Å². The van der Waals surface area contributed by atoms with E-state index in [4.69, 9.17) is 0 Å². The number of ether oxygens (including phenoxy) is 1. The van der Waals surface area contributed by atoms with Crippen LogP contribution in [0.15, 0.2) is 28.2 Å². The molecular formula is C15H20BrF2NO. The molecule has 1 aromatic carbocycles. The Morgan fingerprint density at radius 2 is 2.15 bits per heavy atom. The van der Waals surface area contributed by atoms with Crippen LogP contribution in [0.2, 0.25) is 0 Å². The number of halogens is 3. The van der Waals surface area contributed by atoms with E-state index >= 15 is 0 Å². The monoisotopic (exact) mass is 347 g/mol. The zero-order chi connectivity index (χ0) is 15.0. The van der Waals surface area contributed by atoms with E-state index in [9.17, 15) is 8.78 Å². The summed E-state index contributed by atoms with van der Waals surface area (Å²) in [4.78, 5) is 0. The van der Waals surface area contributed by atoms with Gasteiger partial charge in [-0.1, -0.05) is 41.4 Å². The third kappa shape index (κ3) is 6.01. The lowest BCUT2D eigenvalue weighted by molar-refractivity contribution is -0.0500. The number of nitrogens with one attached hydrogen (secondary N) is 1. The molecular weight excluding hydrogens is 328 g/mol. The molecule has 2 nitrogen and oxygen atoms in total. The molecule has 5 heteroatoms. The predicted octanol–water partition coefficient (Wildman–Crippen LogP) is 4.84. The lowest BCUT2D eigenvalue weighted by Gasteiger charge is -2.11. The lowest BCUT2D eigenvalue weighted by Crippen LogP contribution is -2.17. The van der Waals surface area contributed by atoms with E-state index in [1.165, 1.54) is 0 Å². The van der Waals surface area contributed by atoms with Gasteiger partial charge in [-0.25, -0.2) is 0 Å². The van der Waals surface area contributed by atoms with Crippen molar-refractivity contribution in [2.24, 2.45) is 0 Å². The predicted molar refractivity (Wildman–Crippen MR) is 82.2 cm³/mol. The Labute approximate surface area is 127 Å². The zero-order valence-electron chi connectivity index (χ0n) is 11.8. The first kappa shape index (κ1) is 17.1. The van der Waals surface area contributed by atoms with Crippen LogP contribution in [-0.4, -0.2) is 19.7 Å². The summed E-state index contributed by atoms with van der Waals surface area (Å²) in [7, 11) is 0. The van der Waals surface area contributed by atoms with Gasteiger partial charge in [-0.2, -0.15) is 8.78 Å². The van der Waals surface area contributed by atoms with Crippen molar-refractivity contribution in [2.45, 2.75) is 33.3 Å². The van der Waals surface area contributed by atoms with Crippen LogP contribution in [0.3, 0.4) is 0 Å². The minimum Gasteiger partial charge on any atom is -0.434 e. The SMILES string of the molecule is CCCNCC(=Cc1cc(Br)ccc1OC(F)F)CC. The van der Waals surface area contributed by atoms with Gasteiger partial charge < -0.3 is 10.1 Å². The fraction of sp³-hybridized carbons (Fsp3) is 0.467. The maximum Gasteiger partial charge on any atom is 0.387 e. The van der Waals surface area contributed by atoms with E-state index in [0.29, 0.717) is 5.56 Å². The standard InChI is InChI=1S/C15H20BrF2NO/c1-3-7-19-10-11(4-2)8-12-9-13(16)5-6-14(12)20-15(17)18/h5-6,8-9,15,19H,3-4,7,10H2,1-2H3. The van der Waals surface area contributed by atoms with Gasteiger partial charge in [-0.3, -0.25) is 0 Å². The van der Waals surface area contributed by atoms with Crippen molar-refractivity contribution >= 4 is 22.0 Å². The van der Waals surface area contributed by atoms with Gasteiger partial charge in [0.05, 0.1) is 0 Å². The summed E-state index contributed by atoms with van der Waals surface area (Å²) in [5, 5.41) is 3.31. The number of hydrogen-bond donors (Lipinski definition) is 1. The van der Waals surface area contributed by atoms with Crippen LogP contribution >= 0.6 is 15.9 Å². The van der Waals surface area contributed by atoms with Crippen molar-refractivity contribution in [3.8, 4) is 5.75 Å². The minimum atomic E-state index is -2.81. The molecule has 112 valence electrons.